The normalized spacial score (nSPS) is 15.6. The lowest BCUT2D eigenvalue weighted by molar-refractivity contribution is -0.130. The number of hydrogen-bond acceptors (Lipinski definition) is 4. The van der Waals surface area contributed by atoms with Crippen LogP contribution in [-0.4, -0.2) is 81.6 Å². The van der Waals surface area contributed by atoms with E-state index in [-0.39, 0.29) is 5.91 Å². The Hall–Kier alpha value is -2.28. The first-order chi connectivity index (χ1) is 13.0. The van der Waals surface area contributed by atoms with Crippen LogP contribution in [0.4, 0.5) is 0 Å². The van der Waals surface area contributed by atoms with Crippen LogP contribution in [0.15, 0.2) is 23.2 Å². The van der Waals surface area contributed by atoms with Gasteiger partial charge in [0.2, 0.25) is 5.91 Å². The number of aliphatic imine (C=N–C) groups is 1. The molecule has 1 aromatic carbocycles. The molecule has 1 saturated heterocycles. The molecular formula is C20H33N5O2. The first-order valence-electron chi connectivity index (χ1n) is 9.59. The monoisotopic (exact) mass is 375 g/mol. The zero-order chi connectivity index (χ0) is 19.6. The maximum absolute atomic E-state index is 11.4. The smallest absolute Gasteiger partial charge is 0.219 e. The molecule has 1 amide bonds. The van der Waals surface area contributed by atoms with Gasteiger partial charge in [-0.25, -0.2) is 0 Å². The minimum atomic E-state index is 0.170. The summed E-state index contributed by atoms with van der Waals surface area (Å²) in [5.41, 5.74) is 2.39. The largest absolute Gasteiger partial charge is 0.496 e. The number of carbonyl (C=O) groups is 1. The van der Waals surface area contributed by atoms with E-state index < -0.39 is 0 Å². The maximum Gasteiger partial charge on any atom is 0.219 e. The minimum absolute atomic E-state index is 0.170. The summed E-state index contributed by atoms with van der Waals surface area (Å²) in [7, 11) is 3.49. The zero-order valence-corrected chi connectivity index (χ0v) is 17.0. The van der Waals surface area contributed by atoms with Crippen LogP contribution in [0.2, 0.25) is 0 Å². The number of ether oxygens (including phenoxy) is 1. The summed E-state index contributed by atoms with van der Waals surface area (Å²) in [6.45, 7) is 9.78. The Labute approximate surface area is 162 Å². The predicted octanol–water partition coefficient (Wildman–Crippen LogP) is 0.875. The van der Waals surface area contributed by atoms with E-state index in [0.717, 1.165) is 69.5 Å². The van der Waals surface area contributed by atoms with E-state index in [1.807, 2.05) is 11.8 Å². The molecule has 2 rings (SSSR count). The molecule has 0 radical (unpaired) electrons. The Kier molecular flexibility index (Phi) is 8.39. The lowest BCUT2D eigenvalue weighted by atomic mass is 10.1. The SMILES string of the molecule is CN=C(NCCc1ccc(C)c(OC)c1)NCCN1CCN(C(C)=O)CC1. The Bertz CT molecular complexity index is 639. The third-order valence-corrected chi connectivity index (χ3v) is 4.94. The highest BCUT2D eigenvalue weighted by Gasteiger charge is 2.17. The van der Waals surface area contributed by atoms with E-state index in [4.69, 9.17) is 4.74 Å². The van der Waals surface area contributed by atoms with Crippen LogP contribution < -0.4 is 15.4 Å². The summed E-state index contributed by atoms with van der Waals surface area (Å²) >= 11 is 0. The fourth-order valence-electron chi connectivity index (χ4n) is 3.18. The van der Waals surface area contributed by atoms with Crippen molar-refractivity contribution in [3.8, 4) is 5.75 Å². The van der Waals surface area contributed by atoms with Gasteiger partial charge in [0.15, 0.2) is 5.96 Å². The molecule has 7 heteroatoms. The topological polar surface area (TPSA) is 69.2 Å². The van der Waals surface area contributed by atoms with Crippen molar-refractivity contribution in [2.24, 2.45) is 4.99 Å². The molecule has 0 saturated carbocycles. The molecule has 2 N–H and O–H groups in total. The number of amides is 1. The number of piperazine rings is 1. The molecule has 0 aromatic heterocycles. The highest BCUT2D eigenvalue weighted by molar-refractivity contribution is 5.79. The van der Waals surface area contributed by atoms with E-state index in [9.17, 15) is 4.79 Å². The number of nitrogens with one attached hydrogen (secondary N) is 2. The molecule has 27 heavy (non-hydrogen) atoms. The third-order valence-electron chi connectivity index (χ3n) is 4.94. The van der Waals surface area contributed by atoms with E-state index in [2.05, 4.69) is 38.7 Å². The van der Waals surface area contributed by atoms with Gasteiger partial charge in [-0.15, -0.1) is 0 Å². The number of hydrogen-bond donors (Lipinski definition) is 2. The summed E-state index contributed by atoms with van der Waals surface area (Å²) in [4.78, 5) is 19.9. The molecule has 1 aliphatic heterocycles. The minimum Gasteiger partial charge on any atom is -0.496 e. The first kappa shape index (κ1) is 21.0. The van der Waals surface area contributed by atoms with Crippen molar-refractivity contribution in [3.63, 3.8) is 0 Å². The second-order valence-electron chi connectivity index (χ2n) is 6.83. The van der Waals surface area contributed by atoms with Gasteiger partial charge in [0.1, 0.15) is 5.75 Å². The van der Waals surface area contributed by atoms with Crippen molar-refractivity contribution in [2.45, 2.75) is 20.3 Å². The molecule has 0 spiro atoms. The van der Waals surface area contributed by atoms with Gasteiger partial charge in [-0.3, -0.25) is 14.7 Å². The summed E-state index contributed by atoms with van der Waals surface area (Å²) in [5, 5.41) is 6.72. The fraction of sp³-hybridized carbons (Fsp3) is 0.600. The fourth-order valence-corrected chi connectivity index (χ4v) is 3.18. The summed E-state index contributed by atoms with van der Waals surface area (Å²) < 4.78 is 5.38. The Balaban J connectivity index is 1.65. The second-order valence-corrected chi connectivity index (χ2v) is 6.83. The lowest BCUT2D eigenvalue weighted by Gasteiger charge is -2.34. The number of benzene rings is 1. The van der Waals surface area contributed by atoms with Gasteiger partial charge in [0.25, 0.3) is 0 Å². The summed E-state index contributed by atoms with van der Waals surface area (Å²) in [5.74, 6) is 1.92. The molecule has 0 unspecified atom stereocenters. The van der Waals surface area contributed by atoms with Crippen LogP contribution in [0.1, 0.15) is 18.1 Å². The van der Waals surface area contributed by atoms with Crippen molar-refractivity contribution in [2.75, 3.05) is 60.0 Å². The van der Waals surface area contributed by atoms with Gasteiger partial charge in [-0.05, 0) is 30.5 Å². The highest BCUT2D eigenvalue weighted by Crippen LogP contribution is 2.18. The molecular weight excluding hydrogens is 342 g/mol. The van der Waals surface area contributed by atoms with Crippen LogP contribution in [0.3, 0.4) is 0 Å². The number of aryl methyl sites for hydroxylation is 1. The van der Waals surface area contributed by atoms with Crippen LogP contribution in [0.25, 0.3) is 0 Å². The van der Waals surface area contributed by atoms with Crippen molar-refractivity contribution in [1.29, 1.82) is 0 Å². The number of guanidine groups is 1. The number of carbonyl (C=O) groups excluding carboxylic acids is 1. The molecule has 1 fully saturated rings. The number of nitrogens with zero attached hydrogens (tertiary/aromatic N) is 3. The first-order valence-corrected chi connectivity index (χ1v) is 9.59. The van der Waals surface area contributed by atoms with Crippen LogP contribution >= 0.6 is 0 Å². The van der Waals surface area contributed by atoms with Crippen LogP contribution in [0, 0.1) is 6.92 Å². The maximum atomic E-state index is 11.4. The molecule has 0 atom stereocenters. The van der Waals surface area contributed by atoms with E-state index in [1.165, 1.54) is 5.56 Å². The van der Waals surface area contributed by atoms with Crippen molar-refractivity contribution >= 4 is 11.9 Å². The lowest BCUT2D eigenvalue weighted by Crippen LogP contribution is -2.50. The van der Waals surface area contributed by atoms with Gasteiger partial charge >= 0.3 is 0 Å². The van der Waals surface area contributed by atoms with Crippen molar-refractivity contribution in [3.05, 3.63) is 29.3 Å². The number of rotatable bonds is 7. The average molecular weight is 376 g/mol. The zero-order valence-electron chi connectivity index (χ0n) is 17.0. The van der Waals surface area contributed by atoms with E-state index >= 15 is 0 Å². The predicted molar refractivity (Wildman–Crippen MR) is 109 cm³/mol. The Morgan fingerprint density at radius 1 is 1.19 bits per heavy atom. The van der Waals surface area contributed by atoms with Gasteiger partial charge in [-0.2, -0.15) is 0 Å². The average Bonchev–Trinajstić information content (AvgIpc) is 2.68. The van der Waals surface area contributed by atoms with Crippen molar-refractivity contribution in [1.82, 2.24) is 20.4 Å². The molecule has 0 bridgehead atoms. The summed E-state index contributed by atoms with van der Waals surface area (Å²) in [6, 6.07) is 6.32. The van der Waals surface area contributed by atoms with Gasteiger partial charge in [0, 0.05) is 59.8 Å². The van der Waals surface area contributed by atoms with Gasteiger partial charge in [0.05, 0.1) is 7.11 Å². The Morgan fingerprint density at radius 3 is 2.52 bits per heavy atom. The molecule has 1 aromatic rings. The van der Waals surface area contributed by atoms with Crippen molar-refractivity contribution < 1.29 is 9.53 Å². The standard InChI is InChI=1S/C20H33N5O2/c1-16-5-6-18(15-19(16)27-4)7-8-22-20(21-3)23-9-10-24-11-13-25(14-12-24)17(2)26/h5-6,15H,7-14H2,1-4H3,(H2,21,22,23). The third kappa shape index (κ3) is 6.75. The van der Waals surface area contributed by atoms with Crippen LogP contribution in [0.5, 0.6) is 5.75 Å². The van der Waals surface area contributed by atoms with Gasteiger partial charge in [-0.1, -0.05) is 12.1 Å². The quantitative estimate of drug-likeness (QED) is 0.547. The van der Waals surface area contributed by atoms with E-state index in [1.54, 1.807) is 21.1 Å². The van der Waals surface area contributed by atoms with E-state index in [0.29, 0.717) is 0 Å². The molecule has 0 aliphatic carbocycles. The number of methoxy groups -OCH3 is 1. The van der Waals surface area contributed by atoms with Crippen LogP contribution in [-0.2, 0) is 11.2 Å². The molecule has 1 aliphatic rings. The van der Waals surface area contributed by atoms with Gasteiger partial charge < -0.3 is 20.3 Å². The highest BCUT2D eigenvalue weighted by atomic mass is 16.5. The Morgan fingerprint density at radius 2 is 1.89 bits per heavy atom. The second kappa shape index (κ2) is 10.8. The molecule has 1 heterocycles. The summed E-state index contributed by atoms with van der Waals surface area (Å²) in [6.07, 6.45) is 0.907. The molecule has 7 nitrogen and oxygen atoms in total. The molecule has 150 valence electrons.